The van der Waals surface area contributed by atoms with Gasteiger partial charge in [0.25, 0.3) is 0 Å². The molecule has 14 heteroatoms. The molecule has 0 aromatic heterocycles. The van der Waals surface area contributed by atoms with E-state index in [0.29, 0.717) is 0 Å². The van der Waals surface area contributed by atoms with Gasteiger partial charge < -0.3 is 41.6 Å². The minimum Gasteiger partial charge on any atom is -0.465 e. The van der Waals surface area contributed by atoms with E-state index in [1.54, 1.807) is 0 Å². The number of nitrogens with zero attached hydrogens (tertiary/aromatic N) is 1. The summed E-state index contributed by atoms with van der Waals surface area (Å²) < 4.78 is 9.72. The first kappa shape index (κ1) is 37.8. The monoisotopic (exact) mass is 676 g/mol. The van der Waals surface area contributed by atoms with Crippen LogP contribution in [-0.4, -0.2) is 78.9 Å². The van der Waals surface area contributed by atoms with Crippen LogP contribution in [0.25, 0.3) is 0 Å². The summed E-state index contributed by atoms with van der Waals surface area (Å²) in [6, 6.07) is 24.6. The van der Waals surface area contributed by atoms with Gasteiger partial charge in [-0.1, -0.05) is 91.0 Å². The van der Waals surface area contributed by atoms with E-state index in [9.17, 15) is 29.1 Å². The van der Waals surface area contributed by atoms with E-state index in [-0.39, 0.29) is 52.0 Å². The Hall–Kier alpha value is -5.63. The average molecular weight is 677 g/mol. The molecule has 0 aliphatic heterocycles. The van der Waals surface area contributed by atoms with Gasteiger partial charge in [0.05, 0.1) is 19.2 Å². The molecule has 0 saturated heterocycles. The van der Waals surface area contributed by atoms with Crippen LogP contribution < -0.4 is 27.0 Å². The van der Waals surface area contributed by atoms with Crippen molar-refractivity contribution in [2.24, 2.45) is 5.73 Å². The number of carbonyl (C=O) groups excluding carboxylic acids is 4. The molecule has 262 valence electrons. The molecule has 1 unspecified atom stereocenters. The molecular formula is C35H44N6O8. The van der Waals surface area contributed by atoms with E-state index < -0.39 is 48.2 Å². The number of amides is 5. The summed E-state index contributed by atoms with van der Waals surface area (Å²) in [5.41, 5.74) is 8.66. The number of hydrogen-bond donors (Lipinski definition) is 6. The molecule has 3 aromatic carbocycles. The van der Waals surface area contributed by atoms with Gasteiger partial charge in [-0.2, -0.15) is 0 Å². The molecule has 0 heterocycles. The second-order valence-electron chi connectivity index (χ2n) is 11.1. The number of ether oxygens (including phenoxy) is 2. The van der Waals surface area contributed by atoms with Gasteiger partial charge in [-0.05, 0) is 36.0 Å². The summed E-state index contributed by atoms with van der Waals surface area (Å²) in [5.74, 6) is -1.19. The first-order chi connectivity index (χ1) is 23.7. The summed E-state index contributed by atoms with van der Waals surface area (Å²) in [6.07, 6.45) is -2.15. The van der Waals surface area contributed by atoms with Crippen LogP contribution in [0.2, 0.25) is 0 Å². The van der Waals surface area contributed by atoms with Gasteiger partial charge >= 0.3 is 18.3 Å². The maximum Gasteiger partial charge on any atom is 0.408 e. The predicted molar refractivity (Wildman–Crippen MR) is 181 cm³/mol. The topological polar surface area (TPSA) is 201 Å². The Kier molecular flexibility index (Phi) is 15.9. The van der Waals surface area contributed by atoms with E-state index in [2.05, 4.69) is 26.0 Å². The minimum absolute atomic E-state index is 0.00562. The maximum atomic E-state index is 13.3. The lowest BCUT2D eigenvalue weighted by atomic mass is 9.97. The molecule has 0 aliphatic rings. The van der Waals surface area contributed by atoms with Gasteiger partial charge in [-0.3, -0.25) is 14.5 Å². The van der Waals surface area contributed by atoms with Crippen molar-refractivity contribution in [1.82, 2.24) is 26.2 Å². The molecule has 0 radical (unpaired) electrons. The number of benzene rings is 3. The van der Waals surface area contributed by atoms with Gasteiger partial charge in [0.1, 0.15) is 12.6 Å². The van der Waals surface area contributed by atoms with Crippen molar-refractivity contribution in [3.05, 3.63) is 108 Å². The zero-order chi connectivity index (χ0) is 35.4. The summed E-state index contributed by atoms with van der Waals surface area (Å²) in [7, 11) is 1.21. The molecule has 49 heavy (non-hydrogen) atoms. The third-order valence-electron chi connectivity index (χ3n) is 7.52. The van der Waals surface area contributed by atoms with Gasteiger partial charge in [0.2, 0.25) is 11.8 Å². The summed E-state index contributed by atoms with van der Waals surface area (Å²) >= 11 is 0. The number of carboxylic acid groups (broad SMARTS) is 1. The van der Waals surface area contributed by atoms with Gasteiger partial charge in [0.15, 0.2) is 0 Å². The lowest BCUT2D eigenvalue weighted by Gasteiger charge is -2.31. The fourth-order valence-corrected chi connectivity index (χ4v) is 4.92. The van der Waals surface area contributed by atoms with Crippen LogP contribution in [0, 0.1) is 0 Å². The van der Waals surface area contributed by atoms with Crippen LogP contribution in [0.15, 0.2) is 91.0 Å². The first-order valence-electron chi connectivity index (χ1n) is 15.9. The third kappa shape index (κ3) is 13.6. The maximum absolute atomic E-state index is 13.3. The Labute approximate surface area is 285 Å². The number of nitrogens with two attached hydrogens (primary N) is 1. The summed E-state index contributed by atoms with van der Waals surface area (Å²) in [5, 5.41) is 20.5. The molecule has 14 nitrogen and oxygen atoms in total. The summed E-state index contributed by atoms with van der Waals surface area (Å²) in [4.78, 5) is 63.7. The van der Waals surface area contributed by atoms with Crippen molar-refractivity contribution in [3.8, 4) is 0 Å². The highest BCUT2D eigenvalue weighted by atomic mass is 16.5. The lowest BCUT2D eigenvalue weighted by molar-refractivity contribution is -0.129. The summed E-state index contributed by atoms with van der Waals surface area (Å²) in [6.45, 7) is 0.302. The van der Waals surface area contributed by atoms with Crippen LogP contribution in [0.4, 0.5) is 14.4 Å². The van der Waals surface area contributed by atoms with Gasteiger partial charge in [-0.15, -0.1) is 0 Å². The number of hydrogen-bond acceptors (Lipinski definition) is 8. The molecule has 0 spiro atoms. The molecule has 3 aromatic rings. The van der Waals surface area contributed by atoms with E-state index in [0.717, 1.165) is 16.7 Å². The molecule has 3 rings (SSSR count). The number of nitrogens with one attached hydrogen (secondary N) is 4. The highest BCUT2D eigenvalue weighted by molar-refractivity contribution is 5.89. The van der Waals surface area contributed by atoms with E-state index in [1.165, 1.54) is 12.0 Å². The molecule has 0 bridgehead atoms. The Morgan fingerprint density at radius 1 is 0.714 bits per heavy atom. The first-order valence-corrected chi connectivity index (χ1v) is 15.9. The molecular weight excluding hydrogens is 632 g/mol. The fraction of sp³-hybridized carbons (Fsp3) is 0.343. The Bertz CT molecular complexity index is 1480. The fourth-order valence-electron chi connectivity index (χ4n) is 4.92. The largest absolute Gasteiger partial charge is 0.465 e. The van der Waals surface area contributed by atoms with Crippen molar-refractivity contribution >= 4 is 30.1 Å². The van der Waals surface area contributed by atoms with Crippen molar-refractivity contribution in [1.29, 1.82) is 0 Å². The average Bonchev–Trinajstić information content (AvgIpc) is 3.12. The molecule has 7 N–H and O–H groups in total. The Morgan fingerprint density at radius 3 is 1.90 bits per heavy atom. The molecule has 0 saturated carbocycles. The van der Waals surface area contributed by atoms with Crippen molar-refractivity contribution in [2.75, 3.05) is 26.7 Å². The van der Waals surface area contributed by atoms with Crippen LogP contribution >= 0.6 is 0 Å². The predicted octanol–water partition coefficient (Wildman–Crippen LogP) is 3.29. The van der Waals surface area contributed by atoms with E-state index in [1.807, 2.05) is 91.0 Å². The standard InChI is InChI=1S/C35H44N6O8/c1-48-33(44)39-22-21-37-32(43)29(19-20-38-34(45)49-24-26-13-7-3-8-14-26)40-31(42)28(36)17-18-30(27-15-9-4-10-16-27)41(35(46)47)23-25-11-5-2-6-12-25/h2-16,28-30H,17-24,36H2,1H3,(H,37,43)(H,38,45)(H,39,44)(H,40,42)(H,46,47)/t28-,29-,30?/m0/s1. The third-order valence-corrected chi connectivity index (χ3v) is 7.52. The number of rotatable bonds is 18. The highest BCUT2D eigenvalue weighted by Gasteiger charge is 2.28. The molecule has 0 aliphatic carbocycles. The second kappa shape index (κ2) is 20.6. The zero-order valence-electron chi connectivity index (χ0n) is 27.4. The molecule has 0 fully saturated rings. The van der Waals surface area contributed by atoms with Crippen molar-refractivity contribution in [3.63, 3.8) is 0 Å². The Balaban J connectivity index is 1.63. The SMILES string of the molecule is COC(=O)NCCNC(=O)[C@H](CCNC(=O)OCc1ccccc1)NC(=O)[C@@H](N)CCC(c1ccccc1)N(Cc1ccccc1)C(=O)O. The minimum atomic E-state index is -1.12. The quantitative estimate of drug-likeness (QED) is 0.109. The lowest BCUT2D eigenvalue weighted by Crippen LogP contribution is -2.53. The highest BCUT2D eigenvalue weighted by Crippen LogP contribution is 2.28. The Morgan fingerprint density at radius 2 is 1.29 bits per heavy atom. The van der Waals surface area contributed by atoms with Gasteiger partial charge in [0, 0.05) is 26.2 Å². The van der Waals surface area contributed by atoms with Crippen LogP contribution in [-0.2, 0) is 32.2 Å². The number of carbonyl (C=O) groups is 5. The van der Waals surface area contributed by atoms with Crippen LogP contribution in [0.1, 0.15) is 42.0 Å². The smallest absolute Gasteiger partial charge is 0.408 e. The zero-order valence-corrected chi connectivity index (χ0v) is 27.4. The second-order valence-corrected chi connectivity index (χ2v) is 11.1. The van der Waals surface area contributed by atoms with E-state index in [4.69, 9.17) is 10.5 Å². The normalized spacial score (nSPS) is 12.4. The number of methoxy groups -OCH3 is 1. The van der Waals surface area contributed by atoms with Crippen molar-refractivity contribution < 1.29 is 38.6 Å². The van der Waals surface area contributed by atoms with Crippen molar-refractivity contribution in [2.45, 2.75) is 50.5 Å². The van der Waals surface area contributed by atoms with Crippen LogP contribution in [0.3, 0.4) is 0 Å². The van der Waals surface area contributed by atoms with E-state index >= 15 is 0 Å². The van der Waals surface area contributed by atoms with Crippen LogP contribution in [0.5, 0.6) is 0 Å². The molecule has 3 atom stereocenters. The molecule has 5 amide bonds. The number of alkyl carbamates (subject to hydrolysis) is 2. The van der Waals surface area contributed by atoms with Gasteiger partial charge in [-0.25, -0.2) is 14.4 Å².